The van der Waals surface area contributed by atoms with Gasteiger partial charge in [-0.25, -0.2) is 4.98 Å². The van der Waals surface area contributed by atoms with Gasteiger partial charge in [0.15, 0.2) is 0 Å². The largest absolute Gasteiger partial charge is 0.486 e. The molecular formula is C24H29N3O. The smallest absolute Gasteiger partial charge is 0.146 e. The maximum Gasteiger partial charge on any atom is 0.146 e. The molecule has 1 aliphatic heterocycles. The van der Waals surface area contributed by atoms with Crippen molar-refractivity contribution in [3.05, 3.63) is 59.4 Å². The first kappa shape index (κ1) is 17.7. The SMILES string of the molecule is c1ccc2[nH]c(COc3ccc4c(c3)CCC(CN3CCCCC3)C4)nc2c1. The van der Waals surface area contributed by atoms with E-state index in [9.17, 15) is 0 Å². The van der Waals surface area contributed by atoms with Crippen LogP contribution in [0.4, 0.5) is 0 Å². The van der Waals surface area contributed by atoms with Gasteiger partial charge in [0.2, 0.25) is 0 Å². The predicted molar refractivity (Wildman–Crippen MR) is 113 cm³/mol. The van der Waals surface area contributed by atoms with Crippen LogP contribution < -0.4 is 4.74 Å². The van der Waals surface area contributed by atoms with Crippen LogP contribution in [0.2, 0.25) is 0 Å². The number of aromatic nitrogens is 2. The number of nitrogens with one attached hydrogen (secondary N) is 1. The molecule has 1 aliphatic carbocycles. The maximum atomic E-state index is 6.03. The number of imidazole rings is 1. The van der Waals surface area contributed by atoms with Gasteiger partial charge in [-0.3, -0.25) is 0 Å². The van der Waals surface area contributed by atoms with E-state index in [1.54, 1.807) is 0 Å². The molecular weight excluding hydrogens is 346 g/mol. The lowest BCUT2D eigenvalue weighted by Gasteiger charge is -2.33. The summed E-state index contributed by atoms with van der Waals surface area (Å²) in [6, 6.07) is 14.8. The summed E-state index contributed by atoms with van der Waals surface area (Å²) in [6.45, 7) is 4.37. The Labute approximate surface area is 166 Å². The standard InChI is InChI=1S/C24H29N3O/c1-4-12-27(13-5-1)16-18-8-9-20-15-21(11-10-19(20)14-18)28-17-24-25-22-6-2-3-7-23(22)26-24/h2-3,6-7,10-11,15,18H,1,4-5,8-9,12-14,16-17H2,(H,25,26). The number of hydrogen-bond donors (Lipinski definition) is 1. The van der Waals surface area contributed by atoms with Crippen molar-refractivity contribution < 1.29 is 4.74 Å². The fourth-order valence-electron chi connectivity index (χ4n) is 4.79. The predicted octanol–water partition coefficient (Wildman–Crippen LogP) is 4.73. The number of likely N-dealkylation sites (tertiary alicyclic amines) is 1. The Morgan fingerprint density at radius 2 is 1.93 bits per heavy atom. The van der Waals surface area contributed by atoms with Gasteiger partial charge in [-0.1, -0.05) is 24.6 Å². The second-order valence-electron chi connectivity index (χ2n) is 8.39. The van der Waals surface area contributed by atoms with Gasteiger partial charge < -0.3 is 14.6 Å². The zero-order chi connectivity index (χ0) is 18.8. The van der Waals surface area contributed by atoms with Crippen molar-refractivity contribution >= 4 is 11.0 Å². The molecule has 0 saturated carbocycles. The van der Waals surface area contributed by atoms with Crippen molar-refractivity contribution in [2.24, 2.45) is 5.92 Å². The molecule has 28 heavy (non-hydrogen) atoms. The summed E-state index contributed by atoms with van der Waals surface area (Å²) in [7, 11) is 0. The number of nitrogens with zero attached hydrogens (tertiary/aromatic N) is 2. The van der Waals surface area contributed by atoms with Crippen LogP contribution in [0.1, 0.15) is 42.6 Å². The van der Waals surface area contributed by atoms with E-state index < -0.39 is 0 Å². The summed E-state index contributed by atoms with van der Waals surface area (Å²) >= 11 is 0. The number of piperidine rings is 1. The molecule has 0 spiro atoms. The lowest BCUT2D eigenvalue weighted by Crippen LogP contribution is -2.36. The average molecular weight is 376 g/mol. The topological polar surface area (TPSA) is 41.1 Å². The first-order valence-corrected chi connectivity index (χ1v) is 10.7. The molecule has 3 aromatic rings. The third-order valence-corrected chi connectivity index (χ3v) is 6.29. The van der Waals surface area contributed by atoms with E-state index in [-0.39, 0.29) is 0 Å². The van der Waals surface area contributed by atoms with Crippen molar-refractivity contribution in [2.45, 2.75) is 45.1 Å². The van der Waals surface area contributed by atoms with Crippen molar-refractivity contribution in [3.63, 3.8) is 0 Å². The van der Waals surface area contributed by atoms with Crippen LogP contribution in [0.25, 0.3) is 11.0 Å². The normalized spacial score (nSPS) is 20.2. The van der Waals surface area contributed by atoms with Crippen LogP contribution in [0.5, 0.6) is 5.75 Å². The van der Waals surface area contributed by atoms with Crippen LogP contribution in [-0.4, -0.2) is 34.5 Å². The maximum absolute atomic E-state index is 6.03. The summed E-state index contributed by atoms with van der Waals surface area (Å²) in [5.41, 5.74) is 5.04. The Morgan fingerprint density at radius 1 is 1.04 bits per heavy atom. The molecule has 1 fully saturated rings. The molecule has 146 valence electrons. The van der Waals surface area contributed by atoms with Gasteiger partial charge in [0.25, 0.3) is 0 Å². The van der Waals surface area contributed by atoms with E-state index in [1.807, 2.05) is 24.3 Å². The highest BCUT2D eigenvalue weighted by Gasteiger charge is 2.22. The second-order valence-corrected chi connectivity index (χ2v) is 8.39. The highest BCUT2D eigenvalue weighted by Crippen LogP contribution is 2.30. The van der Waals surface area contributed by atoms with E-state index >= 15 is 0 Å². The summed E-state index contributed by atoms with van der Waals surface area (Å²) in [5.74, 6) is 2.64. The van der Waals surface area contributed by atoms with E-state index in [0.29, 0.717) is 6.61 Å². The summed E-state index contributed by atoms with van der Waals surface area (Å²) in [4.78, 5) is 10.6. The van der Waals surface area contributed by atoms with Crippen LogP contribution in [0.15, 0.2) is 42.5 Å². The Hall–Kier alpha value is -2.33. The molecule has 5 rings (SSSR count). The van der Waals surface area contributed by atoms with Gasteiger partial charge in [0, 0.05) is 6.54 Å². The Balaban J connectivity index is 1.20. The second kappa shape index (κ2) is 7.96. The van der Waals surface area contributed by atoms with Gasteiger partial charge in [0.1, 0.15) is 18.2 Å². The highest BCUT2D eigenvalue weighted by atomic mass is 16.5. The number of hydrogen-bond acceptors (Lipinski definition) is 3. The van der Waals surface area contributed by atoms with Gasteiger partial charge in [-0.05, 0) is 86.5 Å². The lowest BCUT2D eigenvalue weighted by atomic mass is 9.83. The molecule has 0 amide bonds. The van der Waals surface area contributed by atoms with E-state index in [0.717, 1.165) is 28.5 Å². The summed E-state index contributed by atoms with van der Waals surface area (Å²) in [6.07, 6.45) is 7.88. The number of benzene rings is 2. The zero-order valence-corrected chi connectivity index (χ0v) is 16.5. The number of para-hydroxylation sites is 2. The minimum atomic E-state index is 0.477. The number of fused-ring (bicyclic) bond motifs is 2. The fourth-order valence-corrected chi connectivity index (χ4v) is 4.79. The third-order valence-electron chi connectivity index (χ3n) is 6.29. The Bertz CT molecular complexity index is 909. The summed E-state index contributed by atoms with van der Waals surface area (Å²) < 4.78 is 6.03. The average Bonchev–Trinajstić information content (AvgIpc) is 3.16. The number of H-pyrrole nitrogens is 1. The zero-order valence-electron chi connectivity index (χ0n) is 16.5. The quantitative estimate of drug-likeness (QED) is 0.701. The van der Waals surface area contributed by atoms with Crippen molar-refractivity contribution in [1.29, 1.82) is 0 Å². The van der Waals surface area contributed by atoms with Crippen LogP contribution in [0, 0.1) is 5.92 Å². The minimum Gasteiger partial charge on any atom is -0.486 e. The van der Waals surface area contributed by atoms with Crippen LogP contribution in [0.3, 0.4) is 0 Å². The Kier molecular flexibility index (Phi) is 5.05. The molecule has 0 radical (unpaired) electrons. The lowest BCUT2D eigenvalue weighted by molar-refractivity contribution is 0.187. The molecule has 1 aromatic heterocycles. The van der Waals surface area contributed by atoms with Gasteiger partial charge in [-0.2, -0.15) is 0 Å². The molecule has 1 N–H and O–H groups in total. The monoisotopic (exact) mass is 375 g/mol. The van der Waals surface area contributed by atoms with E-state index in [2.05, 4.69) is 33.1 Å². The van der Waals surface area contributed by atoms with Gasteiger partial charge >= 0.3 is 0 Å². The molecule has 1 unspecified atom stereocenters. The first-order chi connectivity index (χ1) is 13.8. The Morgan fingerprint density at radius 3 is 2.82 bits per heavy atom. The van der Waals surface area contributed by atoms with Crippen molar-refractivity contribution in [1.82, 2.24) is 14.9 Å². The number of rotatable bonds is 5. The van der Waals surface area contributed by atoms with Crippen molar-refractivity contribution in [3.8, 4) is 5.75 Å². The number of aromatic amines is 1. The molecule has 0 bridgehead atoms. The first-order valence-electron chi connectivity index (χ1n) is 10.7. The number of aryl methyl sites for hydroxylation is 1. The van der Waals surface area contributed by atoms with Gasteiger partial charge in [0.05, 0.1) is 11.0 Å². The van der Waals surface area contributed by atoms with Gasteiger partial charge in [-0.15, -0.1) is 0 Å². The molecule has 4 nitrogen and oxygen atoms in total. The number of ether oxygens (including phenoxy) is 1. The van der Waals surface area contributed by atoms with Crippen LogP contribution in [-0.2, 0) is 19.4 Å². The highest BCUT2D eigenvalue weighted by molar-refractivity contribution is 5.74. The molecule has 2 aromatic carbocycles. The van der Waals surface area contributed by atoms with E-state index in [1.165, 1.54) is 69.3 Å². The molecule has 4 heteroatoms. The minimum absolute atomic E-state index is 0.477. The molecule has 1 atom stereocenters. The molecule has 2 aliphatic rings. The van der Waals surface area contributed by atoms with Crippen molar-refractivity contribution in [2.75, 3.05) is 19.6 Å². The molecule has 2 heterocycles. The fraction of sp³-hybridized carbons (Fsp3) is 0.458. The third kappa shape index (κ3) is 3.93. The van der Waals surface area contributed by atoms with E-state index in [4.69, 9.17) is 4.74 Å². The molecule has 1 saturated heterocycles. The van der Waals surface area contributed by atoms with Crippen LogP contribution >= 0.6 is 0 Å². The summed E-state index contributed by atoms with van der Waals surface area (Å²) in [5, 5.41) is 0.